The van der Waals surface area contributed by atoms with Crippen LogP contribution in [-0.4, -0.2) is 6.71 Å². The van der Waals surface area contributed by atoms with E-state index in [1.807, 2.05) is 0 Å². The zero-order valence-corrected chi connectivity index (χ0v) is 43.9. The summed E-state index contributed by atoms with van der Waals surface area (Å²) in [6.45, 7) is 11.7. The highest BCUT2D eigenvalue weighted by Gasteiger charge is 2.45. The van der Waals surface area contributed by atoms with Crippen molar-refractivity contribution in [3.05, 3.63) is 272 Å². The molecule has 0 atom stereocenters. The van der Waals surface area contributed by atoms with Crippen molar-refractivity contribution in [3.8, 4) is 66.8 Å². The predicted molar refractivity (Wildman–Crippen MR) is 326 cm³/mol. The molecule has 0 fully saturated rings. The van der Waals surface area contributed by atoms with Gasteiger partial charge in [0.25, 0.3) is 6.71 Å². The molecule has 0 unspecified atom stereocenters. The lowest BCUT2D eigenvalue weighted by molar-refractivity contribution is 0.590. The van der Waals surface area contributed by atoms with E-state index in [-0.39, 0.29) is 18.0 Å². The van der Waals surface area contributed by atoms with Crippen molar-refractivity contribution in [1.29, 1.82) is 0 Å². The van der Waals surface area contributed by atoms with E-state index in [4.69, 9.17) is 0 Å². The van der Waals surface area contributed by atoms with Crippen LogP contribution in [-0.2, 0) is 5.41 Å². The fraction of sp³-hybridized carbons (Fsp3) is 0.0959. The van der Waals surface area contributed by atoms with Crippen molar-refractivity contribution in [2.75, 3.05) is 9.80 Å². The molecule has 0 aromatic heterocycles. The number of fused-ring (bicyclic) bond motifs is 4. The van der Waals surface area contributed by atoms with Crippen LogP contribution in [0.1, 0.15) is 51.7 Å². The first kappa shape index (κ1) is 46.8. The van der Waals surface area contributed by atoms with Crippen LogP contribution in [0.4, 0.5) is 34.1 Å². The van der Waals surface area contributed by atoms with Crippen molar-refractivity contribution in [3.63, 3.8) is 0 Å². The Labute approximate surface area is 449 Å². The summed E-state index contributed by atoms with van der Waals surface area (Å²) >= 11 is 0. The summed E-state index contributed by atoms with van der Waals surface area (Å²) < 4.78 is 0. The zero-order valence-electron chi connectivity index (χ0n) is 43.9. The summed E-state index contributed by atoms with van der Waals surface area (Å²) in [6.07, 6.45) is 0. The molecule has 0 amide bonds. The Morgan fingerprint density at radius 1 is 0.316 bits per heavy atom. The highest BCUT2D eigenvalue weighted by atomic mass is 15.2. The maximum absolute atomic E-state index is 2.64. The fourth-order valence-electron chi connectivity index (χ4n) is 11.9. The van der Waals surface area contributed by atoms with E-state index in [0.717, 1.165) is 11.4 Å². The van der Waals surface area contributed by atoms with Crippen LogP contribution < -0.4 is 26.2 Å². The molecule has 13 rings (SSSR count). The van der Waals surface area contributed by atoms with Gasteiger partial charge in [0, 0.05) is 34.1 Å². The predicted octanol–water partition coefficient (Wildman–Crippen LogP) is 18.2. The molecular weight excluding hydrogens is 916 g/mol. The van der Waals surface area contributed by atoms with Gasteiger partial charge in [0.2, 0.25) is 0 Å². The van der Waals surface area contributed by atoms with Crippen LogP contribution in [0, 0.1) is 0 Å². The maximum atomic E-state index is 2.64. The van der Waals surface area contributed by atoms with Gasteiger partial charge in [0.1, 0.15) is 0 Å². The summed E-state index contributed by atoms with van der Waals surface area (Å²) in [5.74, 6) is 0.258. The van der Waals surface area contributed by atoms with E-state index in [9.17, 15) is 0 Å². The first-order valence-electron chi connectivity index (χ1n) is 26.9. The highest BCUT2D eigenvalue weighted by Crippen LogP contribution is 2.50. The average Bonchev–Trinajstić information content (AvgIpc) is 3.67. The standard InChI is InChI=1S/C73H59BN2/c1-49(2)64-48-69-67(47-65(64)55-34-22-11-23-35-55)74-66-37-36-56(50-24-12-6-13-25-50)44-68(66)75(62-40-57(51-26-14-7-15-27-51)38-58(41-62)52-28-16-8-17-29-52)70-45-61(73(3,4)5)46-71(72(70)74)76(69)63-42-59(53-30-18-9-19-31-53)39-60(43-63)54-32-20-10-21-33-54/h6-49H,1-5H3. The molecule has 0 saturated heterocycles. The molecule has 11 aromatic carbocycles. The van der Waals surface area contributed by atoms with E-state index < -0.39 is 0 Å². The highest BCUT2D eigenvalue weighted by molar-refractivity contribution is 7.00. The summed E-state index contributed by atoms with van der Waals surface area (Å²) in [5, 5.41) is 0. The largest absolute Gasteiger partial charge is 0.311 e. The number of benzene rings is 11. The monoisotopic (exact) mass is 974 g/mol. The molecule has 2 heterocycles. The van der Waals surface area contributed by atoms with Gasteiger partial charge < -0.3 is 9.80 Å². The summed E-state index contributed by atoms with van der Waals surface area (Å²) in [5.41, 5.74) is 27.7. The third-order valence-electron chi connectivity index (χ3n) is 15.7. The van der Waals surface area contributed by atoms with Crippen molar-refractivity contribution >= 4 is 57.2 Å². The summed E-state index contributed by atoms with van der Waals surface area (Å²) in [4.78, 5) is 5.25. The third kappa shape index (κ3) is 8.43. The second-order valence-corrected chi connectivity index (χ2v) is 21.9. The molecule has 364 valence electrons. The Balaban J connectivity index is 1.17. The summed E-state index contributed by atoms with van der Waals surface area (Å²) in [6, 6.07) is 97.4. The Morgan fingerprint density at radius 3 is 1.07 bits per heavy atom. The van der Waals surface area contributed by atoms with E-state index in [0.29, 0.717) is 0 Å². The van der Waals surface area contributed by atoms with Gasteiger partial charge >= 0.3 is 0 Å². The molecule has 0 aliphatic carbocycles. The molecule has 0 spiro atoms. The van der Waals surface area contributed by atoms with Crippen LogP contribution in [0.25, 0.3) is 66.8 Å². The van der Waals surface area contributed by atoms with Gasteiger partial charge in [-0.1, -0.05) is 235 Å². The maximum Gasteiger partial charge on any atom is 0.252 e. The molecule has 2 aliphatic rings. The minimum absolute atomic E-state index is 0.0955. The smallest absolute Gasteiger partial charge is 0.252 e. The SMILES string of the molecule is CC(C)c1cc2c(cc1-c1ccccc1)B1c3ccc(-c4ccccc4)cc3N(c3cc(-c4ccccc4)cc(-c4ccccc4)c3)c3cc(C(C)(C)C)cc(c31)N2c1cc(-c2ccccc2)cc(-c2ccccc2)c1. The first-order chi connectivity index (χ1) is 37.1. The van der Waals surface area contributed by atoms with Crippen LogP contribution in [0.15, 0.2) is 261 Å². The first-order valence-corrected chi connectivity index (χ1v) is 26.9. The number of anilines is 6. The van der Waals surface area contributed by atoms with E-state index in [1.165, 1.54) is 117 Å². The van der Waals surface area contributed by atoms with Crippen molar-refractivity contribution in [2.24, 2.45) is 0 Å². The lowest BCUT2D eigenvalue weighted by Crippen LogP contribution is -2.61. The van der Waals surface area contributed by atoms with Crippen LogP contribution in [0.3, 0.4) is 0 Å². The van der Waals surface area contributed by atoms with Crippen molar-refractivity contribution in [1.82, 2.24) is 0 Å². The number of hydrogen-bond acceptors (Lipinski definition) is 2. The van der Waals surface area contributed by atoms with Gasteiger partial charge in [-0.15, -0.1) is 0 Å². The number of nitrogens with zero attached hydrogens (tertiary/aromatic N) is 2. The normalized spacial score (nSPS) is 12.6. The number of hydrogen-bond donors (Lipinski definition) is 0. The van der Waals surface area contributed by atoms with E-state index >= 15 is 0 Å². The number of rotatable bonds is 9. The lowest BCUT2D eigenvalue weighted by Gasteiger charge is -2.46. The lowest BCUT2D eigenvalue weighted by atomic mass is 9.33. The Kier molecular flexibility index (Phi) is 11.8. The summed E-state index contributed by atoms with van der Waals surface area (Å²) in [7, 11) is 0. The molecule has 0 radical (unpaired) electrons. The van der Waals surface area contributed by atoms with Crippen molar-refractivity contribution < 1.29 is 0 Å². The Bertz CT molecular complexity index is 3810. The topological polar surface area (TPSA) is 6.48 Å². The second-order valence-electron chi connectivity index (χ2n) is 21.9. The van der Waals surface area contributed by atoms with Crippen LogP contribution >= 0.6 is 0 Å². The van der Waals surface area contributed by atoms with Crippen LogP contribution in [0.5, 0.6) is 0 Å². The molecule has 11 aromatic rings. The zero-order chi connectivity index (χ0) is 51.5. The van der Waals surface area contributed by atoms with Gasteiger partial charge in [0.05, 0.1) is 0 Å². The van der Waals surface area contributed by atoms with Crippen molar-refractivity contribution in [2.45, 2.75) is 46.0 Å². The molecule has 2 aliphatic heterocycles. The van der Waals surface area contributed by atoms with E-state index in [1.54, 1.807) is 0 Å². The fourth-order valence-corrected chi connectivity index (χ4v) is 11.9. The molecule has 0 bridgehead atoms. The molecule has 2 nitrogen and oxygen atoms in total. The minimum atomic E-state index is -0.201. The van der Waals surface area contributed by atoms with Gasteiger partial charge in [-0.3, -0.25) is 0 Å². The van der Waals surface area contributed by atoms with Gasteiger partial charge in [-0.25, -0.2) is 0 Å². The Hall–Kier alpha value is -8.92. The average molecular weight is 975 g/mol. The molecule has 3 heteroatoms. The third-order valence-corrected chi connectivity index (χ3v) is 15.7. The van der Waals surface area contributed by atoms with Crippen LogP contribution in [0.2, 0.25) is 0 Å². The molecule has 76 heavy (non-hydrogen) atoms. The quantitative estimate of drug-likeness (QED) is 0.133. The van der Waals surface area contributed by atoms with Gasteiger partial charge in [-0.05, 0) is 166 Å². The minimum Gasteiger partial charge on any atom is -0.311 e. The van der Waals surface area contributed by atoms with Gasteiger partial charge in [-0.2, -0.15) is 0 Å². The molecule has 0 saturated carbocycles. The molecular formula is C73H59BN2. The Morgan fingerprint density at radius 2 is 0.684 bits per heavy atom. The second kappa shape index (κ2) is 19.1. The molecule has 0 N–H and O–H groups in total. The van der Waals surface area contributed by atoms with E-state index in [2.05, 4.69) is 305 Å². The van der Waals surface area contributed by atoms with Gasteiger partial charge in [0.15, 0.2) is 0 Å².